The zero-order valence-electron chi connectivity index (χ0n) is 9.89. The van der Waals surface area contributed by atoms with Gasteiger partial charge in [-0.3, -0.25) is 0 Å². The molecule has 0 aromatic heterocycles. The van der Waals surface area contributed by atoms with E-state index in [1.165, 1.54) is 18.2 Å². The molecule has 2 rings (SSSR count). The number of phenolic OH excluding ortho intramolecular Hbond substituents is 2. The summed E-state index contributed by atoms with van der Waals surface area (Å²) in [5.41, 5.74) is 1.17. The SMILES string of the molecule is CC(Nc1cccc(O)c1)c1cc(F)ccc1O. The Morgan fingerprint density at radius 3 is 2.61 bits per heavy atom. The highest BCUT2D eigenvalue weighted by Gasteiger charge is 2.11. The van der Waals surface area contributed by atoms with E-state index in [4.69, 9.17) is 0 Å². The van der Waals surface area contributed by atoms with Crippen molar-refractivity contribution in [2.24, 2.45) is 0 Å². The molecule has 0 saturated heterocycles. The summed E-state index contributed by atoms with van der Waals surface area (Å²) < 4.78 is 13.1. The molecule has 0 spiro atoms. The molecular formula is C14H14FNO2. The van der Waals surface area contributed by atoms with E-state index in [9.17, 15) is 14.6 Å². The van der Waals surface area contributed by atoms with Crippen LogP contribution in [0.2, 0.25) is 0 Å². The molecule has 0 saturated carbocycles. The minimum Gasteiger partial charge on any atom is -0.508 e. The summed E-state index contributed by atoms with van der Waals surface area (Å²) in [5.74, 6) is -0.209. The first-order valence-electron chi connectivity index (χ1n) is 5.60. The number of anilines is 1. The van der Waals surface area contributed by atoms with Crippen LogP contribution < -0.4 is 5.32 Å². The zero-order valence-corrected chi connectivity index (χ0v) is 9.89. The third kappa shape index (κ3) is 2.71. The van der Waals surface area contributed by atoms with Crippen LogP contribution in [0.25, 0.3) is 0 Å². The van der Waals surface area contributed by atoms with Crippen molar-refractivity contribution in [3.8, 4) is 11.5 Å². The minimum atomic E-state index is -0.396. The molecule has 0 aliphatic rings. The number of nitrogens with one attached hydrogen (secondary N) is 1. The van der Waals surface area contributed by atoms with Crippen LogP contribution in [0.1, 0.15) is 18.5 Å². The predicted molar refractivity (Wildman–Crippen MR) is 68.2 cm³/mol. The van der Waals surface area contributed by atoms with Crippen LogP contribution in [0.4, 0.5) is 10.1 Å². The van der Waals surface area contributed by atoms with Gasteiger partial charge < -0.3 is 15.5 Å². The molecule has 0 aliphatic carbocycles. The topological polar surface area (TPSA) is 52.5 Å². The van der Waals surface area contributed by atoms with Gasteiger partial charge in [-0.05, 0) is 37.3 Å². The van der Waals surface area contributed by atoms with Gasteiger partial charge in [-0.15, -0.1) is 0 Å². The fourth-order valence-electron chi connectivity index (χ4n) is 1.80. The van der Waals surface area contributed by atoms with Crippen LogP contribution in [-0.4, -0.2) is 10.2 Å². The summed E-state index contributed by atoms with van der Waals surface area (Å²) in [6.07, 6.45) is 0. The van der Waals surface area contributed by atoms with E-state index in [0.717, 1.165) is 0 Å². The van der Waals surface area contributed by atoms with Gasteiger partial charge in [0.15, 0.2) is 0 Å². The third-order valence-electron chi connectivity index (χ3n) is 2.69. The minimum absolute atomic E-state index is 0.0385. The summed E-state index contributed by atoms with van der Waals surface area (Å²) in [5, 5.41) is 22.1. The highest BCUT2D eigenvalue weighted by molar-refractivity contribution is 5.50. The number of halogens is 1. The summed E-state index contributed by atoms with van der Waals surface area (Å²) >= 11 is 0. The summed E-state index contributed by atoms with van der Waals surface area (Å²) in [7, 11) is 0. The summed E-state index contributed by atoms with van der Waals surface area (Å²) in [4.78, 5) is 0. The molecule has 4 heteroatoms. The highest BCUT2D eigenvalue weighted by Crippen LogP contribution is 2.28. The molecule has 1 atom stereocenters. The Morgan fingerprint density at radius 1 is 1.11 bits per heavy atom. The fourth-order valence-corrected chi connectivity index (χ4v) is 1.80. The van der Waals surface area contributed by atoms with Crippen LogP contribution in [0.5, 0.6) is 11.5 Å². The highest BCUT2D eigenvalue weighted by atomic mass is 19.1. The largest absolute Gasteiger partial charge is 0.508 e. The Morgan fingerprint density at radius 2 is 1.89 bits per heavy atom. The van der Waals surface area contributed by atoms with Crippen molar-refractivity contribution < 1.29 is 14.6 Å². The molecule has 18 heavy (non-hydrogen) atoms. The summed E-state index contributed by atoms with van der Waals surface area (Å²) in [6, 6.07) is 10.2. The van der Waals surface area contributed by atoms with Gasteiger partial charge in [0, 0.05) is 17.3 Å². The number of phenols is 2. The van der Waals surface area contributed by atoms with Gasteiger partial charge in [-0.1, -0.05) is 6.07 Å². The van der Waals surface area contributed by atoms with Crippen molar-refractivity contribution >= 4 is 5.69 Å². The molecular weight excluding hydrogens is 233 g/mol. The second-order valence-corrected chi connectivity index (χ2v) is 4.12. The molecule has 0 radical (unpaired) electrons. The normalized spacial score (nSPS) is 12.1. The van der Waals surface area contributed by atoms with Crippen molar-refractivity contribution in [2.75, 3.05) is 5.32 Å². The monoisotopic (exact) mass is 247 g/mol. The lowest BCUT2D eigenvalue weighted by Gasteiger charge is -2.17. The Hall–Kier alpha value is -2.23. The van der Waals surface area contributed by atoms with Crippen LogP contribution in [0, 0.1) is 5.82 Å². The quantitative estimate of drug-likeness (QED) is 0.779. The van der Waals surface area contributed by atoms with Crippen molar-refractivity contribution in [3.05, 3.63) is 53.8 Å². The maximum Gasteiger partial charge on any atom is 0.123 e. The zero-order chi connectivity index (χ0) is 13.1. The molecule has 0 aliphatic heterocycles. The van der Waals surface area contributed by atoms with Gasteiger partial charge in [-0.25, -0.2) is 4.39 Å². The standard InChI is InChI=1S/C14H14FNO2/c1-9(13-7-10(15)5-6-14(13)18)16-11-3-2-4-12(17)8-11/h2-9,16-18H,1H3. The average molecular weight is 247 g/mol. The third-order valence-corrected chi connectivity index (χ3v) is 2.69. The molecule has 2 aromatic rings. The van der Waals surface area contributed by atoms with Crippen LogP contribution in [-0.2, 0) is 0 Å². The lowest BCUT2D eigenvalue weighted by molar-refractivity contribution is 0.462. The first-order chi connectivity index (χ1) is 8.56. The molecule has 3 N–H and O–H groups in total. The lowest BCUT2D eigenvalue weighted by Crippen LogP contribution is -2.07. The molecule has 0 heterocycles. The predicted octanol–water partition coefficient (Wildman–Crippen LogP) is 3.41. The van der Waals surface area contributed by atoms with Crippen LogP contribution in [0.3, 0.4) is 0 Å². The van der Waals surface area contributed by atoms with Gasteiger partial charge in [0.25, 0.3) is 0 Å². The molecule has 0 bridgehead atoms. The lowest BCUT2D eigenvalue weighted by atomic mass is 10.1. The van der Waals surface area contributed by atoms with Crippen LogP contribution >= 0.6 is 0 Å². The maximum atomic E-state index is 13.1. The van der Waals surface area contributed by atoms with Gasteiger partial charge in [0.2, 0.25) is 0 Å². The van der Waals surface area contributed by atoms with Crippen LogP contribution in [0.15, 0.2) is 42.5 Å². The van der Waals surface area contributed by atoms with Crippen molar-refractivity contribution in [1.29, 1.82) is 0 Å². The van der Waals surface area contributed by atoms with Crippen molar-refractivity contribution in [2.45, 2.75) is 13.0 Å². The first kappa shape index (κ1) is 12.2. The molecule has 0 amide bonds. The van der Waals surface area contributed by atoms with E-state index in [2.05, 4.69) is 5.32 Å². The van der Waals surface area contributed by atoms with E-state index in [1.807, 2.05) is 0 Å². The van der Waals surface area contributed by atoms with Gasteiger partial charge in [0.05, 0.1) is 6.04 Å². The Kier molecular flexibility index (Phi) is 3.37. The number of benzene rings is 2. The molecule has 0 fully saturated rings. The first-order valence-corrected chi connectivity index (χ1v) is 5.60. The van der Waals surface area contributed by atoms with E-state index in [0.29, 0.717) is 11.3 Å². The van der Waals surface area contributed by atoms with Gasteiger partial charge >= 0.3 is 0 Å². The van der Waals surface area contributed by atoms with Crippen molar-refractivity contribution in [1.82, 2.24) is 0 Å². The van der Waals surface area contributed by atoms with Gasteiger partial charge in [-0.2, -0.15) is 0 Å². The summed E-state index contributed by atoms with van der Waals surface area (Å²) in [6.45, 7) is 1.80. The molecule has 94 valence electrons. The van der Waals surface area contributed by atoms with E-state index >= 15 is 0 Å². The van der Waals surface area contributed by atoms with E-state index < -0.39 is 5.82 Å². The smallest absolute Gasteiger partial charge is 0.123 e. The number of hydrogen-bond acceptors (Lipinski definition) is 3. The fraction of sp³-hybridized carbons (Fsp3) is 0.143. The Labute approximate surface area is 105 Å². The maximum absolute atomic E-state index is 13.1. The Bertz CT molecular complexity index is 557. The number of hydrogen-bond donors (Lipinski definition) is 3. The Balaban J connectivity index is 2.21. The van der Waals surface area contributed by atoms with Crippen molar-refractivity contribution in [3.63, 3.8) is 0 Å². The molecule has 3 nitrogen and oxygen atoms in total. The molecule has 1 unspecified atom stereocenters. The second kappa shape index (κ2) is 4.96. The average Bonchev–Trinajstić information content (AvgIpc) is 2.32. The number of rotatable bonds is 3. The second-order valence-electron chi connectivity index (χ2n) is 4.12. The molecule has 2 aromatic carbocycles. The van der Waals surface area contributed by atoms with E-state index in [1.54, 1.807) is 31.2 Å². The van der Waals surface area contributed by atoms with E-state index in [-0.39, 0.29) is 17.5 Å². The number of aromatic hydroxyl groups is 2. The van der Waals surface area contributed by atoms with Gasteiger partial charge in [0.1, 0.15) is 17.3 Å².